The number of allylic oxidation sites excluding steroid dienone is 4. The van der Waals surface area contributed by atoms with Crippen LogP contribution in [0.25, 0.3) is 27.4 Å². The van der Waals surface area contributed by atoms with Gasteiger partial charge in [-0.1, -0.05) is 85.6 Å². The van der Waals surface area contributed by atoms with Crippen molar-refractivity contribution in [3.63, 3.8) is 0 Å². The first-order chi connectivity index (χ1) is 19.3. The fraction of sp³-hybridized carbons (Fsp3) is 0.171. The van der Waals surface area contributed by atoms with Crippen LogP contribution in [0.4, 0.5) is 4.39 Å². The van der Waals surface area contributed by atoms with Crippen molar-refractivity contribution in [2.75, 3.05) is 0 Å². The van der Waals surface area contributed by atoms with Gasteiger partial charge in [0.05, 0.1) is 16.1 Å². The molecule has 1 unspecified atom stereocenters. The monoisotopic (exact) mass is 543 g/mol. The summed E-state index contributed by atoms with van der Waals surface area (Å²) in [5, 5.41) is 11.3. The van der Waals surface area contributed by atoms with Crippen LogP contribution >= 0.6 is 11.6 Å². The van der Waals surface area contributed by atoms with Gasteiger partial charge in [-0.25, -0.2) is 9.37 Å². The number of hydrogen-bond acceptors (Lipinski definition) is 3. The molecule has 2 heterocycles. The highest BCUT2D eigenvalue weighted by molar-refractivity contribution is 6.30. The van der Waals surface area contributed by atoms with Gasteiger partial charge in [-0.05, 0) is 87.7 Å². The summed E-state index contributed by atoms with van der Waals surface area (Å²) in [4.78, 5) is 8.15. The average molecular weight is 544 g/mol. The summed E-state index contributed by atoms with van der Waals surface area (Å²) in [6, 6.07) is 27.4. The number of hydrogen-bond donors (Lipinski definition) is 0. The lowest BCUT2D eigenvalue weighted by Gasteiger charge is -2.37. The van der Waals surface area contributed by atoms with Gasteiger partial charge in [-0.2, -0.15) is 5.26 Å². The smallest absolute Gasteiger partial charge is 0.141 e. The van der Waals surface area contributed by atoms with Gasteiger partial charge in [0.25, 0.3) is 0 Å². The predicted molar refractivity (Wildman–Crippen MR) is 161 cm³/mol. The fourth-order valence-electron chi connectivity index (χ4n) is 5.84. The highest BCUT2D eigenvalue weighted by Gasteiger charge is 2.34. The van der Waals surface area contributed by atoms with E-state index in [1.165, 1.54) is 39.1 Å². The van der Waals surface area contributed by atoms with Gasteiger partial charge in [0.15, 0.2) is 0 Å². The van der Waals surface area contributed by atoms with Crippen LogP contribution in [0.5, 0.6) is 0 Å². The Bertz CT molecular complexity index is 1880. The van der Waals surface area contributed by atoms with Gasteiger partial charge in [0, 0.05) is 12.1 Å². The molecule has 0 bridgehead atoms. The Morgan fingerprint density at radius 2 is 1.82 bits per heavy atom. The molecule has 1 atom stereocenters. The largest absolute Gasteiger partial charge is 0.255 e. The summed E-state index contributed by atoms with van der Waals surface area (Å²) in [6.07, 6.45) is 8.25. The number of benzene rings is 3. The van der Waals surface area contributed by atoms with Crippen LogP contribution in [-0.2, 0) is 6.42 Å². The lowest BCUT2D eigenvalue weighted by atomic mass is 9.67. The number of rotatable bonds is 1. The van der Waals surface area contributed by atoms with Crippen LogP contribution in [0.15, 0.2) is 103 Å². The Balaban J connectivity index is 0.000000201. The highest BCUT2D eigenvalue weighted by Crippen LogP contribution is 2.50. The van der Waals surface area contributed by atoms with Crippen LogP contribution in [0, 0.1) is 22.6 Å². The molecule has 0 spiro atoms. The minimum absolute atomic E-state index is 0.120. The number of nitrogens with zero attached hydrogens (tertiary/aromatic N) is 3. The Hall–Kier alpha value is -4.33. The third-order valence-electron chi connectivity index (χ3n) is 7.77. The summed E-state index contributed by atoms with van der Waals surface area (Å²) in [5.74, 6) is -0.138. The maximum Gasteiger partial charge on any atom is 0.141 e. The molecular weight excluding hydrogens is 517 g/mol. The van der Waals surface area contributed by atoms with E-state index in [0.29, 0.717) is 5.69 Å². The van der Waals surface area contributed by atoms with Gasteiger partial charge < -0.3 is 0 Å². The average Bonchev–Trinajstić information content (AvgIpc) is 2.97. The Kier molecular flexibility index (Phi) is 6.70. The van der Waals surface area contributed by atoms with Gasteiger partial charge in [-0.15, -0.1) is 0 Å². The standard InChI is InChI=1S/C26H22ClF.C9H5N3/c1-26(2)12-11-20-19-9-7-16-5-3-4-6-18(16)22(19)14-21(23(20)15-26)17-8-10-25(28)24(27)13-17;10-6-7-3-4-8-9(12-7)2-1-5-11-8/h3-13,21H,14-15H2,1-2H3;1-5H. The number of aromatic nitrogens is 2. The molecule has 0 fully saturated rings. The Morgan fingerprint density at radius 1 is 0.975 bits per heavy atom. The third-order valence-corrected chi connectivity index (χ3v) is 8.06. The van der Waals surface area contributed by atoms with E-state index in [9.17, 15) is 4.39 Å². The van der Waals surface area contributed by atoms with E-state index in [4.69, 9.17) is 16.9 Å². The normalized spacial score (nSPS) is 17.0. The van der Waals surface area contributed by atoms with Crippen LogP contribution in [0.1, 0.15) is 48.6 Å². The molecule has 5 aromatic rings. The summed E-state index contributed by atoms with van der Waals surface area (Å²) in [6.45, 7) is 4.55. The molecule has 0 radical (unpaired) electrons. The summed E-state index contributed by atoms with van der Waals surface area (Å²) < 4.78 is 13.8. The van der Waals surface area contributed by atoms with Gasteiger partial charge in [-0.3, -0.25) is 4.98 Å². The number of fused-ring (bicyclic) bond motifs is 5. The van der Waals surface area contributed by atoms with Crippen molar-refractivity contribution in [3.05, 3.63) is 136 Å². The molecule has 0 saturated heterocycles. The van der Waals surface area contributed by atoms with E-state index >= 15 is 0 Å². The van der Waals surface area contributed by atoms with E-state index in [1.807, 2.05) is 24.3 Å². The molecule has 7 rings (SSSR count). The van der Waals surface area contributed by atoms with Crippen molar-refractivity contribution >= 4 is 39.0 Å². The molecule has 2 aliphatic rings. The first-order valence-corrected chi connectivity index (χ1v) is 13.7. The van der Waals surface area contributed by atoms with E-state index in [0.717, 1.165) is 29.4 Å². The molecule has 0 saturated carbocycles. The SMILES string of the molecule is CC1(C)C=CC2=C(C1)C(c1ccc(F)c(Cl)c1)Cc1c2ccc2ccccc12.N#Cc1ccc2ncccc2n1. The molecule has 196 valence electrons. The van der Waals surface area contributed by atoms with Crippen molar-refractivity contribution in [2.24, 2.45) is 5.41 Å². The molecular formula is C35H27ClFN3. The van der Waals surface area contributed by atoms with Gasteiger partial charge >= 0.3 is 0 Å². The molecule has 0 N–H and O–H groups in total. The second-order valence-electron chi connectivity index (χ2n) is 11.0. The summed E-state index contributed by atoms with van der Waals surface area (Å²) in [7, 11) is 0. The third kappa shape index (κ3) is 4.90. The van der Waals surface area contributed by atoms with Crippen molar-refractivity contribution in [3.8, 4) is 6.07 Å². The van der Waals surface area contributed by atoms with E-state index in [-0.39, 0.29) is 22.2 Å². The highest BCUT2D eigenvalue weighted by atomic mass is 35.5. The van der Waals surface area contributed by atoms with Crippen LogP contribution in [0.2, 0.25) is 5.02 Å². The molecule has 0 amide bonds. The van der Waals surface area contributed by atoms with Gasteiger partial charge in [0.2, 0.25) is 0 Å². The van der Waals surface area contributed by atoms with E-state index in [1.54, 1.807) is 24.4 Å². The van der Waals surface area contributed by atoms with E-state index < -0.39 is 0 Å². The van der Waals surface area contributed by atoms with Gasteiger partial charge in [0.1, 0.15) is 17.6 Å². The fourth-order valence-corrected chi connectivity index (χ4v) is 6.03. The minimum Gasteiger partial charge on any atom is -0.255 e. The van der Waals surface area contributed by atoms with Crippen LogP contribution < -0.4 is 0 Å². The second kappa shape index (κ2) is 10.3. The maximum absolute atomic E-state index is 13.8. The molecule has 2 aromatic heterocycles. The zero-order valence-corrected chi connectivity index (χ0v) is 23.1. The summed E-state index contributed by atoms with van der Waals surface area (Å²) >= 11 is 6.15. The van der Waals surface area contributed by atoms with Crippen molar-refractivity contribution in [1.29, 1.82) is 5.26 Å². The maximum atomic E-state index is 13.8. The molecule has 3 aromatic carbocycles. The van der Waals surface area contributed by atoms with Crippen molar-refractivity contribution in [2.45, 2.75) is 32.6 Å². The Morgan fingerprint density at radius 3 is 2.65 bits per heavy atom. The zero-order chi connectivity index (χ0) is 27.9. The van der Waals surface area contributed by atoms with Crippen molar-refractivity contribution < 1.29 is 4.39 Å². The molecule has 5 heteroatoms. The molecule has 0 aliphatic heterocycles. The number of nitriles is 1. The zero-order valence-electron chi connectivity index (χ0n) is 22.3. The number of pyridine rings is 2. The second-order valence-corrected chi connectivity index (χ2v) is 11.4. The van der Waals surface area contributed by atoms with E-state index in [2.05, 4.69) is 72.4 Å². The quantitative estimate of drug-likeness (QED) is 0.212. The topological polar surface area (TPSA) is 49.6 Å². The lowest BCUT2D eigenvalue weighted by Crippen LogP contribution is -2.22. The first-order valence-electron chi connectivity index (χ1n) is 13.3. The number of halogens is 2. The molecule has 40 heavy (non-hydrogen) atoms. The summed E-state index contributed by atoms with van der Waals surface area (Å²) in [5.41, 5.74) is 8.72. The predicted octanol–water partition coefficient (Wildman–Crippen LogP) is 9.21. The molecule has 3 nitrogen and oxygen atoms in total. The molecule has 2 aliphatic carbocycles. The lowest BCUT2D eigenvalue weighted by molar-refractivity contribution is 0.453. The van der Waals surface area contributed by atoms with Crippen LogP contribution in [0.3, 0.4) is 0 Å². The van der Waals surface area contributed by atoms with Crippen molar-refractivity contribution in [1.82, 2.24) is 9.97 Å². The van der Waals surface area contributed by atoms with Crippen LogP contribution in [-0.4, -0.2) is 9.97 Å². The minimum atomic E-state index is -0.356. The Labute approximate surface area is 238 Å². The first kappa shape index (κ1) is 25.9.